The van der Waals surface area contributed by atoms with Crippen molar-refractivity contribution < 1.29 is 4.79 Å². The van der Waals surface area contributed by atoms with Gasteiger partial charge >= 0.3 is 0 Å². The van der Waals surface area contributed by atoms with Crippen molar-refractivity contribution in [3.8, 4) is 0 Å². The van der Waals surface area contributed by atoms with E-state index in [0.717, 1.165) is 0 Å². The molecular weight excluding hydrogens is 170 g/mol. The van der Waals surface area contributed by atoms with Gasteiger partial charge in [-0.2, -0.15) is 4.99 Å². The minimum absolute atomic E-state index is 0.0460. The Hall–Kier alpha value is -0.620. The van der Waals surface area contributed by atoms with E-state index in [1.807, 2.05) is 0 Å². The summed E-state index contributed by atoms with van der Waals surface area (Å²) in [7, 11) is 0. The number of hydrogen-bond donors (Lipinski definition) is 2. The van der Waals surface area contributed by atoms with E-state index in [4.69, 9.17) is 5.73 Å². The first kappa shape index (κ1) is 7.49. The van der Waals surface area contributed by atoms with E-state index >= 15 is 0 Å². The third-order valence-electron chi connectivity index (χ3n) is 0.798. The van der Waals surface area contributed by atoms with Crippen molar-refractivity contribution in [2.75, 3.05) is 5.75 Å². The van der Waals surface area contributed by atoms with Crippen LogP contribution in [0.15, 0.2) is 4.99 Å². The Labute approximate surface area is 67.3 Å². The number of hydrogen-bond acceptors (Lipinski definition) is 3. The van der Waals surface area contributed by atoms with E-state index in [-0.39, 0.29) is 11.0 Å². The SMILES string of the molecule is NC(=S)N=C1NC(=O)CS1. The van der Waals surface area contributed by atoms with Crippen molar-refractivity contribution in [3.63, 3.8) is 0 Å². The van der Waals surface area contributed by atoms with Crippen LogP contribution in [0.4, 0.5) is 0 Å². The number of carbonyl (C=O) groups excluding carboxylic acids is 1. The fourth-order valence-electron chi connectivity index (χ4n) is 0.486. The Balaban J connectivity index is 2.59. The second-order valence-corrected chi connectivity index (χ2v) is 2.97. The summed E-state index contributed by atoms with van der Waals surface area (Å²) < 4.78 is 0. The molecule has 0 saturated carbocycles. The number of aliphatic imine (C=N–C) groups is 1. The van der Waals surface area contributed by atoms with Gasteiger partial charge in [-0.3, -0.25) is 4.79 Å². The standard InChI is InChI=1S/C4H5N3OS2/c5-3(9)7-4-6-2(8)1-10-4/h1H2,(H3,5,6,7,8,9). The van der Waals surface area contributed by atoms with Crippen molar-refractivity contribution in [2.24, 2.45) is 10.7 Å². The summed E-state index contributed by atoms with van der Waals surface area (Å²) in [5, 5.41) is 3.04. The minimum Gasteiger partial charge on any atom is -0.374 e. The normalized spacial score (nSPS) is 21.2. The number of nitrogens with two attached hydrogens (primary N) is 1. The summed E-state index contributed by atoms with van der Waals surface area (Å²) in [5.74, 6) is 0.349. The molecule has 0 aliphatic carbocycles. The van der Waals surface area contributed by atoms with Gasteiger partial charge in [0.1, 0.15) is 0 Å². The molecule has 4 nitrogen and oxygen atoms in total. The molecule has 0 unspecified atom stereocenters. The zero-order valence-corrected chi connectivity index (χ0v) is 6.59. The molecule has 6 heteroatoms. The monoisotopic (exact) mass is 175 g/mol. The van der Waals surface area contributed by atoms with Gasteiger partial charge in [0.25, 0.3) is 0 Å². The molecule has 1 heterocycles. The number of nitrogens with one attached hydrogen (secondary N) is 1. The van der Waals surface area contributed by atoms with Crippen LogP contribution in [-0.2, 0) is 4.79 Å². The quantitative estimate of drug-likeness (QED) is 0.485. The Kier molecular flexibility index (Phi) is 2.23. The van der Waals surface area contributed by atoms with Crippen molar-refractivity contribution in [1.29, 1.82) is 0 Å². The van der Waals surface area contributed by atoms with Gasteiger partial charge < -0.3 is 11.1 Å². The Bertz CT molecular complexity index is 213. The van der Waals surface area contributed by atoms with Gasteiger partial charge in [0.05, 0.1) is 5.75 Å². The molecule has 1 saturated heterocycles. The van der Waals surface area contributed by atoms with E-state index in [1.165, 1.54) is 11.8 Å². The number of amidine groups is 1. The summed E-state index contributed by atoms with van der Waals surface area (Å²) in [5.41, 5.74) is 5.10. The summed E-state index contributed by atoms with van der Waals surface area (Å²) in [6.07, 6.45) is 0. The van der Waals surface area contributed by atoms with Crippen LogP contribution >= 0.6 is 24.0 Å². The highest BCUT2D eigenvalue weighted by Gasteiger charge is 2.15. The highest BCUT2D eigenvalue weighted by molar-refractivity contribution is 8.15. The van der Waals surface area contributed by atoms with Gasteiger partial charge in [0, 0.05) is 0 Å². The number of amides is 1. The van der Waals surface area contributed by atoms with E-state index in [1.54, 1.807) is 0 Å². The van der Waals surface area contributed by atoms with Crippen LogP contribution in [-0.4, -0.2) is 21.9 Å². The number of rotatable bonds is 0. The molecule has 54 valence electrons. The van der Waals surface area contributed by atoms with Crippen LogP contribution in [0.5, 0.6) is 0 Å². The summed E-state index contributed by atoms with van der Waals surface area (Å²) >= 11 is 5.80. The Morgan fingerprint density at radius 2 is 2.60 bits per heavy atom. The second kappa shape index (κ2) is 2.98. The van der Waals surface area contributed by atoms with Crippen LogP contribution in [0.2, 0.25) is 0 Å². The second-order valence-electron chi connectivity index (χ2n) is 1.59. The predicted molar refractivity (Wildman–Crippen MR) is 44.8 cm³/mol. The van der Waals surface area contributed by atoms with Crippen LogP contribution in [0.25, 0.3) is 0 Å². The lowest BCUT2D eigenvalue weighted by molar-refractivity contribution is -0.116. The molecule has 3 N–H and O–H groups in total. The fraction of sp³-hybridized carbons (Fsp3) is 0.250. The van der Waals surface area contributed by atoms with Gasteiger partial charge in [-0.1, -0.05) is 11.8 Å². The van der Waals surface area contributed by atoms with E-state index < -0.39 is 0 Å². The molecule has 0 aromatic rings. The smallest absolute Gasteiger partial charge is 0.236 e. The third-order valence-corrected chi connectivity index (χ3v) is 1.76. The Morgan fingerprint density at radius 1 is 1.90 bits per heavy atom. The van der Waals surface area contributed by atoms with Crippen LogP contribution in [0.3, 0.4) is 0 Å². The topological polar surface area (TPSA) is 67.5 Å². The number of nitrogens with zero attached hydrogens (tertiary/aromatic N) is 1. The highest BCUT2D eigenvalue weighted by Crippen LogP contribution is 2.07. The van der Waals surface area contributed by atoms with Crippen molar-refractivity contribution >= 4 is 40.2 Å². The average molecular weight is 175 g/mol. The maximum Gasteiger partial charge on any atom is 0.236 e. The molecule has 0 aromatic heterocycles. The molecule has 0 spiro atoms. The van der Waals surface area contributed by atoms with Crippen molar-refractivity contribution in [1.82, 2.24) is 5.32 Å². The molecule has 0 radical (unpaired) electrons. The minimum atomic E-state index is -0.0556. The molecule has 1 fully saturated rings. The Morgan fingerprint density at radius 3 is 3.00 bits per heavy atom. The van der Waals surface area contributed by atoms with Gasteiger partial charge in [-0.15, -0.1) is 0 Å². The van der Waals surface area contributed by atoms with Crippen molar-refractivity contribution in [3.05, 3.63) is 0 Å². The maximum absolute atomic E-state index is 10.5. The molecular formula is C4H5N3OS2. The van der Waals surface area contributed by atoms with E-state index in [0.29, 0.717) is 10.9 Å². The number of carbonyl (C=O) groups is 1. The van der Waals surface area contributed by atoms with Crippen LogP contribution in [0, 0.1) is 0 Å². The summed E-state index contributed by atoms with van der Waals surface area (Å²) in [6.45, 7) is 0. The van der Waals surface area contributed by atoms with Gasteiger partial charge in [0.2, 0.25) is 5.91 Å². The summed E-state index contributed by atoms with van der Waals surface area (Å²) in [4.78, 5) is 14.2. The van der Waals surface area contributed by atoms with Gasteiger partial charge in [-0.05, 0) is 12.2 Å². The molecule has 0 bridgehead atoms. The molecule has 0 aromatic carbocycles. The van der Waals surface area contributed by atoms with E-state index in [2.05, 4.69) is 22.5 Å². The van der Waals surface area contributed by atoms with E-state index in [9.17, 15) is 4.79 Å². The average Bonchev–Trinajstić information content (AvgIpc) is 2.13. The highest BCUT2D eigenvalue weighted by atomic mass is 32.2. The third kappa shape index (κ3) is 1.96. The lowest BCUT2D eigenvalue weighted by atomic mass is 10.7. The molecule has 0 atom stereocenters. The van der Waals surface area contributed by atoms with Crippen LogP contribution in [0.1, 0.15) is 0 Å². The zero-order chi connectivity index (χ0) is 7.56. The maximum atomic E-state index is 10.5. The molecule has 1 aliphatic heterocycles. The lowest BCUT2D eigenvalue weighted by Crippen LogP contribution is -2.22. The molecule has 1 aliphatic rings. The van der Waals surface area contributed by atoms with Gasteiger partial charge in [-0.25, -0.2) is 0 Å². The van der Waals surface area contributed by atoms with Crippen molar-refractivity contribution in [2.45, 2.75) is 0 Å². The fourth-order valence-corrected chi connectivity index (χ4v) is 1.32. The molecule has 10 heavy (non-hydrogen) atoms. The number of thioether (sulfide) groups is 1. The predicted octanol–water partition coefficient (Wildman–Crippen LogP) is -0.551. The molecule has 1 rings (SSSR count). The summed E-state index contributed by atoms with van der Waals surface area (Å²) in [6, 6.07) is 0. The number of thiocarbonyl (C=S) groups is 1. The lowest BCUT2D eigenvalue weighted by Gasteiger charge is -1.90. The van der Waals surface area contributed by atoms with Crippen LogP contribution < -0.4 is 11.1 Å². The first-order chi connectivity index (χ1) is 4.68. The first-order valence-electron chi connectivity index (χ1n) is 2.49. The zero-order valence-electron chi connectivity index (χ0n) is 4.96. The largest absolute Gasteiger partial charge is 0.374 e. The molecule has 1 amide bonds. The first-order valence-corrected chi connectivity index (χ1v) is 3.88. The van der Waals surface area contributed by atoms with Gasteiger partial charge in [0.15, 0.2) is 10.3 Å².